The van der Waals surface area contributed by atoms with Gasteiger partial charge in [0.15, 0.2) is 0 Å². The lowest BCUT2D eigenvalue weighted by atomic mass is 10.0. The maximum Gasteiger partial charge on any atom is 0.0650 e. The van der Waals surface area contributed by atoms with E-state index >= 15 is 0 Å². The van der Waals surface area contributed by atoms with E-state index in [9.17, 15) is 0 Å². The van der Waals surface area contributed by atoms with E-state index in [1.165, 1.54) is 19.3 Å². The van der Waals surface area contributed by atoms with Gasteiger partial charge in [-0.3, -0.25) is 0 Å². The summed E-state index contributed by atoms with van der Waals surface area (Å²) < 4.78 is 5.29. The Kier molecular flexibility index (Phi) is 3.47. The minimum Gasteiger partial charge on any atom is -0.377 e. The Labute approximate surface area is 93.1 Å². The molecule has 0 aromatic heterocycles. The highest BCUT2D eigenvalue weighted by atomic mass is 16.5. The first-order chi connectivity index (χ1) is 7.21. The summed E-state index contributed by atoms with van der Waals surface area (Å²) in [6, 6.07) is 0.679. The van der Waals surface area contributed by atoms with Crippen molar-refractivity contribution < 1.29 is 4.74 Å². The molecule has 1 atom stereocenters. The van der Waals surface area contributed by atoms with Crippen LogP contribution < -0.4 is 5.32 Å². The molecule has 2 rings (SSSR count). The standard InChI is InChI=1S/C13H23NO/c1-11(13(2)6-7-13)14-8-3-12-4-9-15-10-5-12/h4,11,14H,3,5-10H2,1-2H3. The fourth-order valence-corrected chi connectivity index (χ4v) is 2.12. The summed E-state index contributed by atoms with van der Waals surface area (Å²) in [5.41, 5.74) is 2.17. The lowest BCUT2D eigenvalue weighted by Crippen LogP contribution is -2.34. The van der Waals surface area contributed by atoms with E-state index < -0.39 is 0 Å². The maximum atomic E-state index is 5.29. The van der Waals surface area contributed by atoms with Crippen LogP contribution in [0.25, 0.3) is 0 Å². The molecule has 1 aliphatic heterocycles. The molecule has 1 unspecified atom stereocenters. The smallest absolute Gasteiger partial charge is 0.0650 e. The molecule has 86 valence electrons. The highest BCUT2D eigenvalue weighted by Crippen LogP contribution is 2.47. The molecule has 1 saturated carbocycles. The molecule has 1 heterocycles. The first-order valence-electron chi connectivity index (χ1n) is 6.20. The van der Waals surface area contributed by atoms with Crippen molar-refractivity contribution in [2.75, 3.05) is 19.8 Å². The molecule has 1 fully saturated rings. The molecule has 0 aromatic rings. The van der Waals surface area contributed by atoms with E-state index in [0.29, 0.717) is 11.5 Å². The SMILES string of the molecule is CC(NCCC1=CCOCC1)C1(C)CC1. The highest BCUT2D eigenvalue weighted by molar-refractivity contribution is 5.05. The third kappa shape index (κ3) is 3.05. The Morgan fingerprint density at radius 1 is 1.53 bits per heavy atom. The average molecular weight is 209 g/mol. The number of hydrogen-bond donors (Lipinski definition) is 1. The third-order valence-corrected chi connectivity index (χ3v) is 4.04. The van der Waals surface area contributed by atoms with Gasteiger partial charge >= 0.3 is 0 Å². The van der Waals surface area contributed by atoms with E-state index in [4.69, 9.17) is 4.74 Å². The van der Waals surface area contributed by atoms with Gasteiger partial charge in [0.1, 0.15) is 0 Å². The molecular formula is C13H23NO. The van der Waals surface area contributed by atoms with Crippen LogP contribution in [0.3, 0.4) is 0 Å². The fraction of sp³-hybridized carbons (Fsp3) is 0.846. The zero-order chi connectivity index (χ0) is 10.7. The van der Waals surface area contributed by atoms with Gasteiger partial charge in [-0.15, -0.1) is 0 Å². The van der Waals surface area contributed by atoms with E-state index in [1.807, 2.05) is 0 Å². The summed E-state index contributed by atoms with van der Waals surface area (Å²) in [5, 5.41) is 3.65. The van der Waals surface area contributed by atoms with E-state index in [2.05, 4.69) is 25.2 Å². The molecular weight excluding hydrogens is 186 g/mol. The maximum absolute atomic E-state index is 5.29. The molecule has 1 aliphatic carbocycles. The lowest BCUT2D eigenvalue weighted by molar-refractivity contribution is 0.153. The van der Waals surface area contributed by atoms with Crippen LogP contribution in [0.2, 0.25) is 0 Å². The molecule has 0 bridgehead atoms. The number of nitrogens with one attached hydrogen (secondary N) is 1. The van der Waals surface area contributed by atoms with Crippen molar-refractivity contribution in [3.8, 4) is 0 Å². The number of hydrogen-bond acceptors (Lipinski definition) is 2. The van der Waals surface area contributed by atoms with Crippen molar-refractivity contribution in [3.05, 3.63) is 11.6 Å². The Morgan fingerprint density at radius 3 is 2.93 bits per heavy atom. The molecule has 2 nitrogen and oxygen atoms in total. The number of rotatable bonds is 5. The van der Waals surface area contributed by atoms with Crippen LogP contribution >= 0.6 is 0 Å². The van der Waals surface area contributed by atoms with Gasteiger partial charge in [-0.2, -0.15) is 0 Å². The Bertz CT molecular complexity index is 243. The highest BCUT2D eigenvalue weighted by Gasteiger charge is 2.41. The average Bonchev–Trinajstić information content (AvgIpc) is 2.99. The molecule has 0 saturated heterocycles. The monoisotopic (exact) mass is 209 g/mol. The Balaban J connectivity index is 1.63. The van der Waals surface area contributed by atoms with Gasteiger partial charge in [0.25, 0.3) is 0 Å². The van der Waals surface area contributed by atoms with E-state index in [-0.39, 0.29) is 0 Å². The van der Waals surface area contributed by atoms with Crippen molar-refractivity contribution in [2.45, 2.75) is 45.6 Å². The predicted octanol–water partition coefficient (Wildman–Crippen LogP) is 2.50. The minimum atomic E-state index is 0.601. The second-order valence-corrected chi connectivity index (χ2v) is 5.27. The summed E-state index contributed by atoms with van der Waals surface area (Å²) in [6.07, 6.45) is 7.38. The fourth-order valence-electron chi connectivity index (χ4n) is 2.12. The zero-order valence-electron chi connectivity index (χ0n) is 10.0. The predicted molar refractivity (Wildman–Crippen MR) is 62.9 cm³/mol. The van der Waals surface area contributed by atoms with Crippen LogP contribution in [0.15, 0.2) is 11.6 Å². The summed E-state index contributed by atoms with van der Waals surface area (Å²) >= 11 is 0. The van der Waals surface area contributed by atoms with Crippen LogP contribution in [-0.4, -0.2) is 25.8 Å². The normalized spacial score (nSPS) is 25.9. The second kappa shape index (κ2) is 4.67. The molecule has 0 aromatic carbocycles. The second-order valence-electron chi connectivity index (χ2n) is 5.27. The van der Waals surface area contributed by atoms with Gasteiger partial charge in [-0.1, -0.05) is 18.6 Å². The van der Waals surface area contributed by atoms with Crippen molar-refractivity contribution >= 4 is 0 Å². The van der Waals surface area contributed by atoms with Gasteiger partial charge in [0, 0.05) is 6.04 Å². The zero-order valence-corrected chi connectivity index (χ0v) is 10.0. The van der Waals surface area contributed by atoms with E-state index in [0.717, 1.165) is 26.2 Å². The van der Waals surface area contributed by atoms with Gasteiger partial charge in [0.05, 0.1) is 13.2 Å². The first kappa shape index (κ1) is 11.2. The number of ether oxygens (including phenoxy) is 1. The van der Waals surface area contributed by atoms with Crippen molar-refractivity contribution in [1.82, 2.24) is 5.32 Å². The third-order valence-electron chi connectivity index (χ3n) is 4.04. The molecule has 0 amide bonds. The quantitative estimate of drug-likeness (QED) is 0.702. The summed E-state index contributed by atoms with van der Waals surface area (Å²) in [7, 11) is 0. The minimum absolute atomic E-state index is 0.601. The van der Waals surface area contributed by atoms with Crippen LogP contribution in [-0.2, 0) is 4.74 Å². The molecule has 0 spiro atoms. The molecule has 2 heteroatoms. The van der Waals surface area contributed by atoms with Crippen LogP contribution in [0, 0.1) is 5.41 Å². The van der Waals surface area contributed by atoms with Crippen molar-refractivity contribution in [1.29, 1.82) is 0 Å². The van der Waals surface area contributed by atoms with Gasteiger partial charge in [-0.05, 0) is 44.6 Å². The summed E-state index contributed by atoms with van der Waals surface area (Å²) in [4.78, 5) is 0. The molecule has 15 heavy (non-hydrogen) atoms. The van der Waals surface area contributed by atoms with Crippen LogP contribution in [0.1, 0.15) is 39.5 Å². The van der Waals surface area contributed by atoms with Crippen molar-refractivity contribution in [3.63, 3.8) is 0 Å². The van der Waals surface area contributed by atoms with Crippen molar-refractivity contribution in [2.24, 2.45) is 5.41 Å². The topological polar surface area (TPSA) is 21.3 Å². The van der Waals surface area contributed by atoms with Gasteiger partial charge in [-0.25, -0.2) is 0 Å². The summed E-state index contributed by atoms with van der Waals surface area (Å²) in [6.45, 7) is 7.58. The molecule has 1 N–H and O–H groups in total. The molecule has 2 aliphatic rings. The van der Waals surface area contributed by atoms with Crippen LogP contribution in [0.5, 0.6) is 0 Å². The Hall–Kier alpha value is -0.340. The summed E-state index contributed by atoms with van der Waals surface area (Å²) in [5.74, 6) is 0. The largest absolute Gasteiger partial charge is 0.377 e. The van der Waals surface area contributed by atoms with Crippen LogP contribution in [0.4, 0.5) is 0 Å². The van der Waals surface area contributed by atoms with Gasteiger partial charge < -0.3 is 10.1 Å². The van der Waals surface area contributed by atoms with E-state index in [1.54, 1.807) is 5.57 Å². The molecule has 0 radical (unpaired) electrons. The first-order valence-corrected chi connectivity index (χ1v) is 6.20. The lowest BCUT2D eigenvalue weighted by Gasteiger charge is -2.21. The van der Waals surface area contributed by atoms with Gasteiger partial charge in [0.2, 0.25) is 0 Å². The Morgan fingerprint density at radius 2 is 2.33 bits per heavy atom.